The number of rotatable bonds is 3. The molecule has 0 saturated carbocycles. The molecule has 2 aromatic carbocycles. The van der Waals surface area contributed by atoms with E-state index in [4.69, 9.17) is 4.98 Å². The van der Waals surface area contributed by atoms with E-state index in [0.29, 0.717) is 0 Å². The van der Waals surface area contributed by atoms with Crippen LogP contribution in [0.2, 0.25) is 0 Å². The standard InChI is InChI=1S/C18H13N3S/c1-2-8-14-13(6-1)7-5-9-15(14)16-12-22-18(20-16)21-17-10-3-4-11-19-17/h1-12H,(H,19,20,21). The molecule has 0 atom stereocenters. The highest BCUT2D eigenvalue weighted by Crippen LogP contribution is 2.31. The molecule has 4 heteroatoms. The molecule has 0 bridgehead atoms. The molecular formula is C18H13N3S. The number of nitrogens with one attached hydrogen (secondary N) is 1. The summed E-state index contributed by atoms with van der Waals surface area (Å²) in [5, 5.41) is 8.61. The Morgan fingerprint density at radius 1 is 0.864 bits per heavy atom. The predicted molar refractivity (Wildman–Crippen MR) is 92.6 cm³/mol. The van der Waals surface area contributed by atoms with Crippen molar-refractivity contribution in [2.75, 3.05) is 5.32 Å². The Balaban J connectivity index is 1.71. The highest BCUT2D eigenvalue weighted by molar-refractivity contribution is 7.14. The molecule has 2 heterocycles. The Hall–Kier alpha value is -2.72. The Morgan fingerprint density at radius 2 is 1.73 bits per heavy atom. The first kappa shape index (κ1) is 13.0. The van der Waals surface area contributed by atoms with Gasteiger partial charge in [0.05, 0.1) is 5.69 Å². The molecular weight excluding hydrogens is 290 g/mol. The summed E-state index contributed by atoms with van der Waals surface area (Å²) in [7, 11) is 0. The van der Waals surface area contributed by atoms with Gasteiger partial charge in [0.25, 0.3) is 0 Å². The van der Waals surface area contributed by atoms with E-state index in [1.165, 1.54) is 10.8 Å². The van der Waals surface area contributed by atoms with Gasteiger partial charge in [-0.2, -0.15) is 0 Å². The summed E-state index contributed by atoms with van der Waals surface area (Å²) < 4.78 is 0. The van der Waals surface area contributed by atoms with Crippen LogP contribution >= 0.6 is 11.3 Å². The number of benzene rings is 2. The van der Waals surface area contributed by atoms with E-state index in [1.54, 1.807) is 17.5 Å². The van der Waals surface area contributed by atoms with Crippen LogP contribution in [0.4, 0.5) is 10.9 Å². The van der Waals surface area contributed by atoms with E-state index in [2.05, 4.69) is 58.1 Å². The minimum atomic E-state index is 0.807. The first-order chi connectivity index (χ1) is 10.9. The van der Waals surface area contributed by atoms with Crippen molar-refractivity contribution in [3.05, 3.63) is 72.2 Å². The van der Waals surface area contributed by atoms with Crippen molar-refractivity contribution in [1.29, 1.82) is 0 Å². The summed E-state index contributed by atoms with van der Waals surface area (Å²) in [6.45, 7) is 0. The third kappa shape index (κ3) is 2.44. The third-order valence-corrected chi connectivity index (χ3v) is 4.23. The Morgan fingerprint density at radius 3 is 2.64 bits per heavy atom. The molecule has 0 radical (unpaired) electrons. The van der Waals surface area contributed by atoms with Crippen molar-refractivity contribution >= 4 is 33.1 Å². The van der Waals surface area contributed by atoms with Crippen molar-refractivity contribution in [3.63, 3.8) is 0 Å². The quantitative estimate of drug-likeness (QED) is 0.572. The maximum absolute atomic E-state index is 4.69. The van der Waals surface area contributed by atoms with Gasteiger partial charge < -0.3 is 5.32 Å². The lowest BCUT2D eigenvalue weighted by atomic mass is 10.0. The van der Waals surface area contributed by atoms with E-state index in [9.17, 15) is 0 Å². The van der Waals surface area contributed by atoms with Crippen LogP contribution in [0.15, 0.2) is 72.2 Å². The maximum atomic E-state index is 4.69. The summed E-state index contributed by atoms with van der Waals surface area (Å²) in [5.41, 5.74) is 2.14. The monoisotopic (exact) mass is 303 g/mol. The highest BCUT2D eigenvalue weighted by Gasteiger charge is 2.08. The number of fused-ring (bicyclic) bond motifs is 1. The van der Waals surface area contributed by atoms with E-state index in [0.717, 1.165) is 22.2 Å². The number of pyridine rings is 1. The molecule has 0 spiro atoms. The summed E-state index contributed by atoms with van der Waals surface area (Å²) >= 11 is 1.59. The lowest BCUT2D eigenvalue weighted by molar-refractivity contribution is 1.29. The molecule has 106 valence electrons. The minimum Gasteiger partial charge on any atom is -0.316 e. The van der Waals surface area contributed by atoms with Crippen molar-refractivity contribution in [1.82, 2.24) is 9.97 Å². The summed E-state index contributed by atoms with van der Waals surface area (Å²) in [6.07, 6.45) is 1.77. The van der Waals surface area contributed by atoms with Crippen LogP contribution in [0.1, 0.15) is 0 Å². The normalized spacial score (nSPS) is 10.7. The minimum absolute atomic E-state index is 0.807. The predicted octanol–water partition coefficient (Wildman–Crippen LogP) is 5.10. The Bertz CT molecular complexity index is 910. The topological polar surface area (TPSA) is 37.8 Å². The van der Waals surface area contributed by atoms with Crippen molar-refractivity contribution in [3.8, 4) is 11.3 Å². The number of hydrogen-bond acceptors (Lipinski definition) is 4. The second-order valence-electron chi connectivity index (χ2n) is 4.90. The van der Waals surface area contributed by atoms with E-state index in [1.807, 2.05) is 18.2 Å². The van der Waals surface area contributed by atoms with Crippen LogP contribution in [-0.2, 0) is 0 Å². The molecule has 3 nitrogen and oxygen atoms in total. The zero-order valence-corrected chi connectivity index (χ0v) is 12.5. The van der Waals surface area contributed by atoms with Crippen molar-refractivity contribution < 1.29 is 0 Å². The molecule has 4 aromatic rings. The molecule has 0 saturated heterocycles. The second-order valence-corrected chi connectivity index (χ2v) is 5.76. The van der Waals surface area contributed by atoms with E-state index in [-0.39, 0.29) is 0 Å². The number of hydrogen-bond donors (Lipinski definition) is 1. The average Bonchev–Trinajstić information content (AvgIpc) is 3.03. The fourth-order valence-corrected chi connectivity index (χ4v) is 3.17. The largest absolute Gasteiger partial charge is 0.316 e. The number of aromatic nitrogens is 2. The van der Waals surface area contributed by atoms with Crippen LogP contribution < -0.4 is 5.32 Å². The second kappa shape index (κ2) is 5.58. The average molecular weight is 303 g/mol. The van der Waals surface area contributed by atoms with E-state index >= 15 is 0 Å². The van der Waals surface area contributed by atoms with Gasteiger partial charge in [0.2, 0.25) is 0 Å². The summed E-state index contributed by atoms with van der Waals surface area (Å²) in [5.74, 6) is 0.807. The lowest BCUT2D eigenvalue weighted by Crippen LogP contribution is -1.91. The van der Waals surface area contributed by atoms with Crippen LogP contribution in [0.25, 0.3) is 22.0 Å². The molecule has 22 heavy (non-hydrogen) atoms. The zero-order valence-electron chi connectivity index (χ0n) is 11.7. The summed E-state index contributed by atoms with van der Waals surface area (Å²) in [6, 6.07) is 20.5. The maximum Gasteiger partial charge on any atom is 0.188 e. The number of anilines is 2. The Labute approximate surface area is 132 Å². The van der Waals surface area contributed by atoms with Gasteiger partial charge in [-0.25, -0.2) is 9.97 Å². The zero-order chi connectivity index (χ0) is 14.8. The fraction of sp³-hybridized carbons (Fsp3) is 0. The number of nitrogens with zero attached hydrogens (tertiary/aromatic N) is 2. The van der Waals surface area contributed by atoms with Crippen LogP contribution in [0, 0.1) is 0 Å². The van der Waals surface area contributed by atoms with Gasteiger partial charge in [-0.3, -0.25) is 0 Å². The van der Waals surface area contributed by atoms with Gasteiger partial charge in [0.15, 0.2) is 5.13 Å². The molecule has 1 N–H and O–H groups in total. The molecule has 0 unspecified atom stereocenters. The molecule has 0 fully saturated rings. The van der Waals surface area contributed by atoms with Crippen LogP contribution in [0.3, 0.4) is 0 Å². The van der Waals surface area contributed by atoms with Gasteiger partial charge in [-0.05, 0) is 22.9 Å². The van der Waals surface area contributed by atoms with Gasteiger partial charge in [-0.15, -0.1) is 11.3 Å². The highest BCUT2D eigenvalue weighted by atomic mass is 32.1. The number of thiazole rings is 1. The lowest BCUT2D eigenvalue weighted by Gasteiger charge is -2.03. The first-order valence-electron chi connectivity index (χ1n) is 7.02. The fourth-order valence-electron chi connectivity index (χ4n) is 2.45. The Kier molecular flexibility index (Phi) is 3.29. The van der Waals surface area contributed by atoms with Crippen molar-refractivity contribution in [2.24, 2.45) is 0 Å². The molecule has 4 rings (SSSR count). The van der Waals surface area contributed by atoms with Gasteiger partial charge in [0, 0.05) is 17.1 Å². The first-order valence-corrected chi connectivity index (χ1v) is 7.90. The molecule has 0 aliphatic heterocycles. The molecule has 0 amide bonds. The van der Waals surface area contributed by atoms with Gasteiger partial charge in [-0.1, -0.05) is 48.5 Å². The SMILES string of the molecule is c1ccc(Nc2nc(-c3cccc4ccccc34)cs2)nc1. The van der Waals surface area contributed by atoms with Crippen LogP contribution in [-0.4, -0.2) is 9.97 Å². The van der Waals surface area contributed by atoms with Gasteiger partial charge >= 0.3 is 0 Å². The van der Waals surface area contributed by atoms with E-state index < -0.39 is 0 Å². The van der Waals surface area contributed by atoms with Gasteiger partial charge in [0.1, 0.15) is 5.82 Å². The summed E-state index contributed by atoms with van der Waals surface area (Å²) in [4.78, 5) is 8.95. The third-order valence-electron chi connectivity index (χ3n) is 3.47. The smallest absolute Gasteiger partial charge is 0.188 e. The van der Waals surface area contributed by atoms with Crippen LogP contribution in [0.5, 0.6) is 0 Å². The molecule has 2 aromatic heterocycles. The molecule has 0 aliphatic rings. The van der Waals surface area contributed by atoms with Crippen molar-refractivity contribution in [2.45, 2.75) is 0 Å². The molecule has 0 aliphatic carbocycles.